The van der Waals surface area contributed by atoms with Gasteiger partial charge in [-0.25, -0.2) is 13.6 Å². The molecule has 7 nitrogen and oxygen atoms in total. The normalized spacial score (nSPS) is 19.0. The third-order valence-electron chi connectivity index (χ3n) is 5.55. The minimum Gasteiger partial charge on any atom is -0.485 e. The Labute approximate surface area is 212 Å². The minimum absolute atomic E-state index is 0.0663. The quantitative estimate of drug-likeness (QED) is 0.310. The van der Waals surface area contributed by atoms with E-state index in [0.29, 0.717) is 0 Å². The maximum absolute atomic E-state index is 14.1. The summed E-state index contributed by atoms with van der Waals surface area (Å²) >= 11 is 0. The number of nitrogens with zero attached hydrogens (tertiary/aromatic N) is 1. The summed E-state index contributed by atoms with van der Waals surface area (Å²) in [4.78, 5) is 27.2. The Hall–Kier alpha value is -3.34. The molecular weight excluding hydrogens is 496 g/mol. The molecule has 0 saturated carbocycles. The van der Waals surface area contributed by atoms with Crippen LogP contribution >= 0.6 is 0 Å². The molecule has 202 valence electrons. The summed E-state index contributed by atoms with van der Waals surface area (Å²) in [5.41, 5.74) is -1.27. The fourth-order valence-corrected chi connectivity index (χ4v) is 4.09. The van der Waals surface area contributed by atoms with E-state index in [9.17, 15) is 27.2 Å². The highest BCUT2D eigenvalue weighted by molar-refractivity contribution is 5.77. The molecular formula is C26H30F4N2O5. The van der Waals surface area contributed by atoms with E-state index in [-0.39, 0.29) is 19.0 Å². The number of carbonyl (C=O) groups is 2. The average Bonchev–Trinajstić information content (AvgIpc) is 3.04. The second kappa shape index (κ2) is 11.0. The molecule has 1 aliphatic rings. The molecule has 2 atom stereocenters. The number of carbonyl (C=O) groups excluding carboxylic acids is 2. The summed E-state index contributed by atoms with van der Waals surface area (Å²) in [7, 11) is 0. The van der Waals surface area contributed by atoms with E-state index in [0.717, 1.165) is 5.56 Å². The summed E-state index contributed by atoms with van der Waals surface area (Å²) in [5, 5.41) is 2.77. The molecule has 3 rings (SSSR count). The highest BCUT2D eigenvalue weighted by Crippen LogP contribution is 2.36. The van der Waals surface area contributed by atoms with Crippen LogP contribution in [0.5, 0.6) is 5.75 Å². The molecule has 1 aliphatic heterocycles. The Morgan fingerprint density at radius 2 is 1.65 bits per heavy atom. The summed E-state index contributed by atoms with van der Waals surface area (Å²) in [6.45, 7) is 7.74. The van der Waals surface area contributed by atoms with Crippen molar-refractivity contribution in [1.82, 2.24) is 10.2 Å². The standard InChI is InChI=1S/C26H30F4N2O5/c1-25(2,3)37-20(33)12-18-19(14-35-23-21(29)16(27)11-17(28)22(23)30)36-26(4,5)32(18)24(34)31-13-15-9-7-6-8-10-15/h6-11,18-19H,12-14H2,1-5H3,(H,31,34). The van der Waals surface area contributed by atoms with Crippen molar-refractivity contribution in [1.29, 1.82) is 0 Å². The Bertz CT molecular complexity index is 1110. The molecule has 0 aromatic heterocycles. The lowest BCUT2D eigenvalue weighted by Crippen LogP contribution is -2.53. The van der Waals surface area contributed by atoms with Gasteiger partial charge in [-0.15, -0.1) is 0 Å². The fourth-order valence-electron chi connectivity index (χ4n) is 4.09. The lowest BCUT2D eigenvalue weighted by atomic mass is 10.1. The molecule has 1 fully saturated rings. The van der Waals surface area contributed by atoms with E-state index in [2.05, 4.69) is 5.32 Å². The molecule has 2 amide bonds. The Kier molecular flexibility index (Phi) is 8.36. The molecule has 37 heavy (non-hydrogen) atoms. The van der Waals surface area contributed by atoms with Gasteiger partial charge in [-0.05, 0) is 40.2 Å². The van der Waals surface area contributed by atoms with Gasteiger partial charge in [-0.1, -0.05) is 30.3 Å². The molecule has 1 saturated heterocycles. The van der Waals surface area contributed by atoms with Gasteiger partial charge in [0.25, 0.3) is 0 Å². The third-order valence-corrected chi connectivity index (χ3v) is 5.55. The molecule has 0 aliphatic carbocycles. The number of benzene rings is 2. The van der Waals surface area contributed by atoms with Crippen molar-refractivity contribution in [2.24, 2.45) is 0 Å². The molecule has 2 aromatic rings. The number of hydrogen-bond donors (Lipinski definition) is 1. The molecule has 1 heterocycles. The molecule has 0 bridgehead atoms. The van der Waals surface area contributed by atoms with E-state index < -0.39 is 71.1 Å². The smallest absolute Gasteiger partial charge is 0.320 e. The van der Waals surface area contributed by atoms with Crippen LogP contribution in [0.1, 0.15) is 46.6 Å². The SMILES string of the molecule is CC(C)(C)OC(=O)CC1C(COc2c(F)c(F)cc(F)c2F)OC(C)(C)N1C(=O)NCc1ccccc1. The first-order valence-corrected chi connectivity index (χ1v) is 11.7. The summed E-state index contributed by atoms with van der Waals surface area (Å²) in [6.07, 6.45) is -1.44. The van der Waals surface area contributed by atoms with Gasteiger partial charge in [0, 0.05) is 12.6 Å². The monoisotopic (exact) mass is 526 g/mol. The molecule has 2 unspecified atom stereocenters. The maximum Gasteiger partial charge on any atom is 0.320 e. The Balaban J connectivity index is 1.85. The summed E-state index contributed by atoms with van der Waals surface area (Å²) in [6, 6.07) is 7.61. The van der Waals surface area contributed by atoms with E-state index in [1.54, 1.807) is 34.6 Å². The van der Waals surface area contributed by atoms with Crippen molar-refractivity contribution in [3.8, 4) is 5.75 Å². The lowest BCUT2D eigenvalue weighted by Gasteiger charge is -2.33. The van der Waals surface area contributed by atoms with Gasteiger partial charge in [0.15, 0.2) is 17.4 Å². The highest BCUT2D eigenvalue weighted by Gasteiger charge is 2.51. The summed E-state index contributed by atoms with van der Waals surface area (Å²) < 4.78 is 72.0. The molecule has 11 heteroatoms. The predicted molar refractivity (Wildman–Crippen MR) is 125 cm³/mol. The zero-order valence-electron chi connectivity index (χ0n) is 21.2. The van der Waals surface area contributed by atoms with E-state index in [1.165, 1.54) is 4.90 Å². The van der Waals surface area contributed by atoms with Crippen molar-refractivity contribution in [2.75, 3.05) is 6.61 Å². The third kappa shape index (κ3) is 6.91. The molecule has 1 N–H and O–H groups in total. The Morgan fingerprint density at radius 1 is 1.05 bits per heavy atom. The number of urea groups is 1. The van der Waals surface area contributed by atoms with Crippen molar-refractivity contribution in [2.45, 2.75) is 71.1 Å². The molecule has 0 spiro atoms. The van der Waals surface area contributed by atoms with E-state index in [1.807, 2.05) is 30.3 Å². The maximum atomic E-state index is 14.1. The van der Waals surface area contributed by atoms with Crippen LogP contribution in [0.2, 0.25) is 0 Å². The number of rotatable bonds is 7. The first-order valence-electron chi connectivity index (χ1n) is 11.7. The van der Waals surface area contributed by atoms with Crippen molar-refractivity contribution in [3.63, 3.8) is 0 Å². The first-order chi connectivity index (χ1) is 17.2. The first kappa shape index (κ1) is 28.2. The van der Waals surface area contributed by atoms with Crippen LogP contribution in [-0.2, 0) is 20.8 Å². The van der Waals surface area contributed by atoms with Crippen molar-refractivity contribution in [3.05, 3.63) is 65.2 Å². The number of esters is 1. The van der Waals surface area contributed by atoms with Crippen LogP contribution in [0, 0.1) is 23.3 Å². The van der Waals surface area contributed by atoms with Crippen LogP contribution in [0.15, 0.2) is 36.4 Å². The van der Waals surface area contributed by atoms with Crippen LogP contribution < -0.4 is 10.1 Å². The number of halogens is 4. The second-order valence-corrected chi connectivity index (χ2v) is 10.1. The van der Waals surface area contributed by atoms with Crippen molar-refractivity contribution >= 4 is 12.0 Å². The topological polar surface area (TPSA) is 77.1 Å². The number of ether oxygens (including phenoxy) is 3. The number of nitrogens with one attached hydrogen (secondary N) is 1. The predicted octanol–water partition coefficient (Wildman–Crippen LogP) is 5.07. The van der Waals surface area contributed by atoms with E-state index >= 15 is 0 Å². The van der Waals surface area contributed by atoms with Gasteiger partial charge in [-0.3, -0.25) is 9.69 Å². The van der Waals surface area contributed by atoms with Crippen LogP contribution in [-0.4, -0.2) is 47.0 Å². The Morgan fingerprint density at radius 3 is 2.22 bits per heavy atom. The van der Waals surface area contributed by atoms with Gasteiger partial charge in [0.1, 0.15) is 24.0 Å². The fraction of sp³-hybridized carbons (Fsp3) is 0.462. The zero-order chi connectivity index (χ0) is 27.5. The van der Waals surface area contributed by atoms with Gasteiger partial charge < -0.3 is 19.5 Å². The van der Waals surface area contributed by atoms with E-state index in [4.69, 9.17) is 14.2 Å². The van der Waals surface area contributed by atoms with Gasteiger partial charge in [0.05, 0.1) is 12.5 Å². The second-order valence-electron chi connectivity index (χ2n) is 10.1. The van der Waals surface area contributed by atoms with Crippen LogP contribution in [0.3, 0.4) is 0 Å². The molecule has 0 radical (unpaired) electrons. The zero-order valence-corrected chi connectivity index (χ0v) is 21.2. The highest BCUT2D eigenvalue weighted by atomic mass is 19.2. The minimum atomic E-state index is -1.71. The van der Waals surface area contributed by atoms with Crippen LogP contribution in [0.25, 0.3) is 0 Å². The van der Waals surface area contributed by atoms with Gasteiger partial charge in [-0.2, -0.15) is 8.78 Å². The lowest BCUT2D eigenvalue weighted by molar-refractivity contribution is -0.156. The van der Waals surface area contributed by atoms with Crippen molar-refractivity contribution < 1.29 is 41.4 Å². The molecule has 2 aromatic carbocycles. The largest absolute Gasteiger partial charge is 0.485 e. The average molecular weight is 527 g/mol. The number of hydrogen-bond acceptors (Lipinski definition) is 5. The van der Waals surface area contributed by atoms with Crippen LogP contribution in [0.4, 0.5) is 22.4 Å². The van der Waals surface area contributed by atoms with Gasteiger partial charge >= 0.3 is 12.0 Å². The number of amides is 2. The van der Waals surface area contributed by atoms with Gasteiger partial charge in [0.2, 0.25) is 11.6 Å². The summed E-state index contributed by atoms with van der Waals surface area (Å²) in [5.74, 6) is -8.60.